The Hall–Kier alpha value is -3.13. The van der Waals surface area contributed by atoms with E-state index in [-0.39, 0.29) is 28.7 Å². The second-order valence-electron chi connectivity index (χ2n) is 5.53. The van der Waals surface area contributed by atoms with Crippen LogP contribution in [0.1, 0.15) is 17.3 Å². The molecule has 1 aromatic rings. The predicted octanol–water partition coefficient (Wildman–Crippen LogP) is 1.53. The van der Waals surface area contributed by atoms with Crippen LogP contribution in [0.3, 0.4) is 0 Å². The number of amides is 3. The van der Waals surface area contributed by atoms with Crippen molar-refractivity contribution in [3.8, 4) is 0 Å². The van der Waals surface area contributed by atoms with Gasteiger partial charge >= 0.3 is 0 Å². The van der Waals surface area contributed by atoms with Gasteiger partial charge in [0, 0.05) is 37.8 Å². The quantitative estimate of drug-likeness (QED) is 0.279. The third kappa shape index (κ3) is 3.92. The third-order valence-electron chi connectivity index (χ3n) is 3.61. The number of anilines is 1. The number of rotatable bonds is 5. The third-order valence-corrected chi connectivity index (χ3v) is 4.10. The molecule has 1 heterocycles. The number of allylic oxidation sites excluding steroid dienone is 1. The van der Waals surface area contributed by atoms with Crippen molar-refractivity contribution in [1.29, 1.82) is 0 Å². The number of likely N-dealkylation sites (N-methyl/N-ethyl adjacent to an activating group) is 1. The van der Waals surface area contributed by atoms with Gasteiger partial charge in [-0.15, -0.1) is 6.58 Å². The van der Waals surface area contributed by atoms with E-state index >= 15 is 0 Å². The zero-order chi connectivity index (χ0) is 19.4. The van der Waals surface area contributed by atoms with Crippen LogP contribution in [0.5, 0.6) is 0 Å². The molecule has 0 aliphatic carbocycles. The van der Waals surface area contributed by atoms with E-state index in [0.717, 1.165) is 11.0 Å². The number of thiocarbonyl (C=S) groups is 1. The summed E-state index contributed by atoms with van der Waals surface area (Å²) in [6, 6.07) is 6.11. The maximum atomic E-state index is 12.5. The number of nitrogens with zero attached hydrogens (tertiary/aromatic N) is 2. The Labute approximate surface area is 156 Å². The average Bonchev–Trinajstić information content (AvgIpc) is 2.60. The number of carbonyl (C=O) groups excluding carboxylic acids is 4. The summed E-state index contributed by atoms with van der Waals surface area (Å²) in [5.41, 5.74) is 0.547. The highest BCUT2D eigenvalue weighted by atomic mass is 32.1. The summed E-state index contributed by atoms with van der Waals surface area (Å²) in [7, 11) is 1.44. The lowest BCUT2D eigenvalue weighted by Gasteiger charge is -2.33. The maximum Gasteiger partial charge on any atom is 0.266 e. The van der Waals surface area contributed by atoms with Gasteiger partial charge < -0.3 is 5.32 Å². The van der Waals surface area contributed by atoms with Crippen LogP contribution < -0.4 is 5.32 Å². The highest BCUT2D eigenvalue weighted by Gasteiger charge is 2.37. The molecule has 0 spiro atoms. The monoisotopic (exact) mass is 371 g/mol. The summed E-state index contributed by atoms with van der Waals surface area (Å²) in [5.74, 6) is -2.01. The van der Waals surface area contributed by atoms with Crippen LogP contribution in [0, 0.1) is 0 Å². The van der Waals surface area contributed by atoms with Crippen LogP contribution in [0.15, 0.2) is 48.6 Å². The second kappa shape index (κ2) is 7.83. The fourth-order valence-corrected chi connectivity index (χ4v) is 2.56. The molecule has 0 aromatic heterocycles. The number of benzene rings is 1. The van der Waals surface area contributed by atoms with Crippen LogP contribution in [0.2, 0.25) is 0 Å². The van der Waals surface area contributed by atoms with E-state index in [1.807, 2.05) is 0 Å². The summed E-state index contributed by atoms with van der Waals surface area (Å²) >= 11 is 5.09. The molecule has 1 aromatic carbocycles. The standard InChI is InChI=1S/C18H17N3O4S/c1-4-9-21-17(25)14(16(24)20(3)18(21)26)10-15(23)12-5-7-13(8-6-12)19-11(2)22/h4-8,10H,1,9H2,2-3H3,(H,19,22). The molecule has 0 saturated carbocycles. The van der Waals surface area contributed by atoms with Crippen molar-refractivity contribution in [1.82, 2.24) is 9.80 Å². The summed E-state index contributed by atoms with van der Waals surface area (Å²) in [6.07, 6.45) is 2.49. The first-order valence-electron chi connectivity index (χ1n) is 7.64. The SMILES string of the molecule is C=CCN1C(=O)C(=CC(=O)c2ccc(NC(C)=O)cc2)C(=O)N(C)C1=S. The van der Waals surface area contributed by atoms with E-state index < -0.39 is 17.6 Å². The molecule has 0 unspecified atom stereocenters. The minimum Gasteiger partial charge on any atom is -0.326 e. The number of ketones is 1. The molecule has 1 N–H and O–H groups in total. The fraction of sp³-hybridized carbons (Fsp3) is 0.167. The van der Waals surface area contributed by atoms with Crippen LogP contribution in [0.4, 0.5) is 5.69 Å². The van der Waals surface area contributed by atoms with Gasteiger partial charge in [-0.05, 0) is 36.5 Å². The smallest absolute Gasteiger partial charge is 0.266 e. The van der Waals surface area contributed by atoms with Crippen LogP contribution >= 0.6 is 12.2 Å². The van der Waals surface area contributed by atoms with Crippen LogP contribution in [-0.4, -0.2) is 52.0 Å². The number of nitrogens with one attached hydrogen (secondary N) is 1. The molecule has 26 heavy (non-hydrogen) atoms. The molecule has 2 rings (SSSR count). The molecule has 8 heteroatoms. The van der Waals surface area contributed by atoms with Gasteiger partial charge in [0.25, 0.3) is 11.8 Å². The van der Waals surface area contributed by atoms with Gasteiger partial charge in [-0.2, -0.15) is 0 Å². The maximum absolute atomic E-state index is 12.5. The number of hydrogen-bond donors (Lipinski definition) is 1. The highest BCUT2D eigenvalue weighted by molar-refractivity contribution is 7.80. The van der Waals surface area contributed by atoms with E-state index in [9.17, 15) is 19.2 Å². The van der Waals surface area contributed by atoms with Gasteiger partial charge in [-0.1, -0.05) is 6.08 Å². The first-order valence-corrected chi connectivity index (χ1v) is 8.05. The number of carbonyl (C=O) groups is 4. The zero-order valence-corrected chi connectivity index (χ0v) is 15.1. The Morgan fingerprint density at radius 3 is 2.35 bits per heavy atom. The Bertz CT molecular complexity index is 842. The second-order valence-corrected chi connectivity index (χ2v) is 5.90. The van der Waals surface area contributed by atoms with Gasteiger partial charge in [-0.3, -0.25) is 29.0 Å². The molecule has 0 atom stereocenters. The van der Waals surface area contributed by atoms with Crippen molar-refractivity contribution in [3.63, 3.8) is 0 Å². The summed E-state index contributed by atoms with van der Waals surface area (Å²) in [6.45, 7) is 5.06. The lowest BCUT2D eigenvalue weighted by Crippen LogP contribution is -2.54. The first-order chi connectivity index (χ1) is 12.3. The molecule has 1 fully saturated rings. The molecular weight excluding hydrogens is 354 g/mol. The molecule has 3 amide bonds. The van der Waals surface area contributed by atoms with E-state index in [2.05, 4.69) is 11.9 Å². The minimum atomic E-state index is -0.638. The molecule has 1 aliphatic heterocycles. The minimum absolute atomic E-state index is 0.0594. The van der Waals surface area contributed by atoms with E-state index in [4.69, 9.17) is 12.2 Å². The first kappa shape index (κ1) is 19.2. The topological polar surface area (TPSA) is 86.8 Å². The molecular formula is C18H17N3O4S. The van der Waals surface area contributed by atoms with Crippen LogP contribution in [-0.2, 0) is 14.4 Å². The van der Waals surface area contributed by atoms with E-state index in [1.165, 1.54) is 37.1 Å². The molecule has 7 nitrogen and oxygen atoms in total. The van der Waals surface area contributed by atoms with Crippen molar-refractivity contribution in [2.45, 2.75) is 6.92 Å². The molecule has 134 valence electrons. The fourth-order valence-electron chi connectivity index (χ4n) is 2.32. The Kier molecular flexibility index (Phi) is 5.78. The van der Waals surface area contributed by atoms with Crippen molar-refractivity contribution < 1.29 is 19.2 Å². The number of hydrogen-bond acceptors (Lipinski definition) is 5. The molecule has 1 aliphatic rings. The van der Waals surface area contributed by atoms with E-state index in [1.54, 1.807) is 12.1 Å². The molecule has 0 bridgehead atoms. The highest BCUT2D eigenvalue weighted by Crippen LogP contribution is 2.18. The Balaban J connectivity index is 2.30. The van der Waals surface area contributed by atoms with Crippen molar-refractivity contribution in [2.24, 2.45) is 0 Å². The van der Waals surface area contributed by atoms with Gasteiger partial charge in [0.15, 0.2) is 10.9 Å². The molecule has 0 radical (unpaired) electrons. The van der Waals surface area contributed by atoms with Gasteiger partial charge in [-0.25, -0.2) is 0 Å². The summed E-state index contributed by atoms with van der Waals surface area (Å²) < 4.78 is 0. The zero-order valence-electron chi connectivity index (χ0n) is 14.3. The van der Waals surface area contributed by atoms with Crippen molar-refractivity contribution in [2.75, 3.05) is 18.9 Å². The van der Waals surface area contributed by atoms with Gasteiger partial charge in [0.2, 0.25) is 5.91 Å². The molecule has 1 saturated heterocycles. The Morgan fingerprint density at radius 1 is 1.19 bits per heavy atom. The van der Waals surface area contributed by atoms with Gasteiger partial charge in [0.1, 0.15) is 5.57 Å². The van der Waals surface area contributed by atoms with Crippen molar-refractivity contribution in [3.05, 3.63) is 54.1 Å². The van der Waals surface area contributed by atoms with Gasteiger partial charge in [0.05, 0.1) is 0 Å². The average molecular weight is 371 g/mol. The summed E-state index contributed by atoms with van der Waals surface area (Å²) in [5, 5.41) is 2.65. The van der Waals surface area contributed by atoms with Crippen molar-refractivity contribution >= 4 is 46.5 Å². The largest absolute Gasteiger partial charge is 0.326 e. The predicted molar refractivity (Wildman–Crippen MR) is 100 cm³/mol. The Morgan fingerprint density at radius 2 is 1.81 bits per heavy atom. The lowest BCUT2D eigenvalue weighted by molar-refractivity contribution is -0.133. The van der Waals surface area contributed by atoms with Crippen LogP contribution in [0.25, 0.3) is 0 Å². The van der Waals surface area contributed by atoms with E-state index in [0.29, 0.717) is 5.69 Å². The normalized spacial score (nSPS) is 16.1. The lowest BCUT2D eigenvalue weighted by atomic mass is 10.0. The summed E-state index contributed by atoms with van der Waals surface area (Å²) in [4.78, 5) is 50.6.